The molecule has 5 heteroatoms. The van der Waals surface area contributed by atoms with Gasteiger partial charge < -0.3 is 19.7 Å². The van der Waals surface area contributed by atoms with Crippen LogP contribution in [-0.2, 0) is 14.3 Å². The van der Waals surface area contributed by atoms with Crippen molar-refractivity contribution in [2.45, 2.75) is 45.1 Å². The first-order valence-corrected chi connectivity index (χ1v) is 6.67. The molecular formula is C13H24O5. The van der Waals surface area contributed by atoms with Gasteiger partial charge in [0.2, 0.25) is 0 Å². The first kappa shape index (κ1) is 15.4. The van der Waals surface area contributed by atoms with Crippen LogP contribution < -0.4 is 0 Å². The maximum absolute atomic E-state index is 11.4. The van der Waals surface area contributed by atoms with Gasteiger partial charge in [-0.1, -0.05) is 13.3 Å². The lowest BCUT2D eigenvalue weighted by atomic mass is 9.78. The highest BCUT2D eigenvalue weighted by Gasteiger charge is 2.42. The molecule has 18 heavy (non-hydrogen) atoms. The molecule has 0 bridgehead atoms. The highest BCUT2D eigenvalue weighted by Crippen LogP contribution is 2.34. The maximum Gasteiger partial charge on any atom is 0.312 e. The van der Waals surface area contributed by atoms with Crippen LogP contribution in [-0.4, -0.2) is 48.7 Å². The number of aliphatic hydroxyl groups excluding tert-OH is 1. The van der Waals surface area contributed by atoms with Gasteiger partial charge in [-0.2, -0.15) is 0 Å². The Labute approximate surface area is 108 Å². The summed E-state index contributed by atoms with van der Waals surface area (Å²) in [6.07, 6.45) is 2.76. The van der Waals surface area contributed by atoms with Gasteiger partial charge in [-0.15, -0.1) is 0 Å². The average molecular weight is 260 g/mol. The molecule has 1 rings (SSSR count). The van der Waals surface area contributed by atoms with Gasteiger partial charge in [0.15, 0.2) is 0 Å². The van der Waals surface area contributed by atoms with E-state index < -0.39 is 17.5 Å². The van der Waals surface area contributed by atoms with Crippen LogP contribution in [0, 0.1) is 5.41 Å². The fourth-order valence-electron chi connectivity index (χ4n) is 2.25. The summed E-state index contributed by atoms with van der Waals surface area (Å²) in [5.41, 5.74) is -0.939. The maximum atomic E-state index is 11.4. The average Bonchev–Trinajstić information content (AvgIpc) is 2.35. The summed E-state index contributed by atoms with van der Waals surface area (Å²) >= 11 is 0. The Morgan fingerprint density at radius 3 is 2.89 bits per heavy atom. The van der Waals surface area contributed by atoms with Crippen molar-refractivity contribution >= 4 is 5.97 Å². The molecule has 2 unspecified atom stereocenters. The van der Waals surface area contributed by atoms with Gasteiger partial charge in [-0.3, -0.25) is 4.79 Å². The summed E-state index contributed by atoms with van der Waals surface area (Å²) in [5, 5.41) is 19.2. The molecule has 0 radical (unpaired) electrons. The number of hydrogen-bond acceptors (Lipinski definition) is 4. The topological polar surface area (TPSA) is 76.0 Å². The summed E-state index contributed by atoms with van der Waals surface area (Å²) in [4.78, 5) is 11.4. The lowest BCUT2D eigenvalue weighted by Crippen LogP contribution is -2.42. The number of aliphatic hydroxyl groups is 1. The van der Waals surface area contributed by atoms with Crippen LogP contribution in [0.25, 0.3) is 0 Å². The lowest BCUT2D eigenvalue weighted by Gasteiger charge is -2.34. The van der Waals surface area contributed by atoms with Crippen LogP contribution in [0.1, 0.15) is 39.0 Å². The van der Waals surface area contributed by atoms with Crippen LogP contribution in [0.5, 0.6) is 0 Å². The van der Waals surface area contributed by atoms with Gasteiger partial charge in [-0.05, 0) is 25.7 Å². The monoisotopic (exact) mass is 260 g/mol. The van der Waals surface area contributed by atoms with Gasteiger partial charge in [0.1, 0.15) is 0 Å². The van der Waals surface area contributed by atoms with E-state index >= 15 is 0 Å². The predicted octanol–water partition coefficient (Wildman–Crippen LogP) is 1.44. The smallest absolute Gasteiger partial charge is 0.312 e. The molecule has 2 N–H and O–H groups in total. The van der Waals surface area contributed by atoms with Gasteiger partial charge in [0, 0.05) is 13.2 Å². The van der Waals surface area contributed by atoms with Gasteiger partial charge in [-0.25, -0.2) is 0 Å². The Kier molecular flexibility index (Phi) is 6.60. The molecule has 106 valence electrons. The Bertz CT molecular complexity index is 248. The predicted molar refractivity (Wildman–Crippen MR) is 66.5 cm³/mol. The van der Waals surface area contributed by atoms with Crippen LogP contribution in [0.4, 0.5) is 0 Å². The SMILES string of the molecule is CCCCOCC(O)CC1(C(=O)O)CCCOC1. The molecule has 0 aromatic carbocycles. The van der Waals surface area contributed by atoms with E-state index in [9.17, 15) is 15.0 Å². The zero-order chi connectivity index (χ0) is 13.4. The molecule has 2 atom stereocenters. The zero-order valence-electron chi connectivity index (χ0n) is 11.1. The largest absolute Gasteiger partial charge is 0.481 e. The summed E-state index contributed by atoms with van der Waals surface area (Å²) in [6.45, 7) is 3.68. The molecule has 1 aliphatic heterocycles. The number of ether oxygens (including phenoxy) is 2. The number of carboxylic acids is 1. The summed E-state index contributed by atoms with van der Waals surface area (Å²) in [6, 6.07) is 0. The van der Waals surface area contributed by atoms with Crippen molar-refractivity contribution in [2.75, 3.05) is 26.4 Å². The van der Waals surface area contributed by atoms with E-state index in [1.165, 1.54) is 0 Å². The van der Waals surface area contributed by atoms with Crippen molar-refractivity contribution in [3.8, 4) is 0 Å². The number of carboxylic acid groups (broad SMARTS) is 1. The lowest BCUT2D eigenvalue weighted by molar-refractivity contribution is -0.161. The highest BCUT2D eigenvalue weighted by molar-refractivity contribution is 5.75. The number of rotatable bonds is 8. The third-order valence-electron chi connectivity index (χ3n) is 3.35. The molecule has 0 aromatic rings. The molecule has 0 aromatic heterocycles. The van der Waals surface area contributed by atoms with Crippen molar-refractivity contribution in [1.29, 1.82) is 0 Å². The van der Waals surface area contributed by atoms with E-state index in [0.29, 0.717) is 19.6 Å². The minimum Gasteiger partial charge on any atom is -0.481 e. The fraction of sp³-hybridized carbons (Fsp3) is 0.923. The molecule has 1 fully saturated rings. The van der Waals surface area contributed by atoms with Crippen molar-refractivity contribution in [3.05, 3.63) is 0 Å². The third kappa shape index (κ3) is 4.55. The fourth-order valence-corrected chi connectivity index (χ4v) is 2.25. The number of aliphatic carboxylic acids is 1. The quantitative estimate of drug-likeness (QED) is 0.646. The molecule has 0 saturated carbocycles. The van der Waals surface area contributed by atoms with E-state index in [-0.39, 0.29) is 19.6 Å². The van der Waals surface area contributed by atoms with Gasteiger partial charge >= 0.3 is 5.97 Å². The molecule has 0 aliphatic carbocycles. The molecule has 1 saturated heterocycles. The van der Waals surface area contributed by atoms with E-state index in [0.717, 1.165) is 19.3 Å². The second kappa shape index (κ2) is 7.71. The van der Waals surface area contributed by atoms with Crippen molar-refractivity contribution in [3.63, 3.8) is 0 Å². The Hall–Kier alpha value is -0.650. The number of carbonyl (C=O) groups is 1. The molecular weight excluding hydrogens is 236 g/mol. The van der Waals surface area contributed by atoms with Crippen molar-refractivity contribution in [1.82, 2.24) is 0 Å². The standard InChI is InChI=1S/C13H24O5/c1-2-3-6-17-9-11(14)8-13(12(15)16)5-4-7-18-10-13/h11,14H,2-10H2,1H3,(H,15,16). The summed E-state index contributed by atoms with van der Waals surface area (Å²) in [7, 11) is 0. The van der Waals surface area contributed by atoms with E-state index in [4.69, 9.17) is 9.47 Å². The minimum absolute atomic E-state index is 0.189. The second-order valence-corrected chi connectivity index (χ2v) is 5.03. The number of unbranched alkanes of at least 4 members (excludes halogenated alkanes) is 1. The third-order valence-corrected chi connectivity index (χ3v) is 3.35. The van der Waals surface area contributed by atoms with Crippen molar-refractivity contribution in [2.24, 2.45) is 5.41 Å². The molecule has 1 heterocycles. The van der Waals surface area contributed by atoms with Gasteiger partial charge in [0.25, 0.3) is 0 Å². The minimum atomic E-state index is -0.939. The van der Waals surface area contributed by atoms with Crippen LogP contribution in [0.2, 0.25) is 0 Å². The van der Waals surface area contributed by atoms with E-state index in [1.807, 2.05) is 0 Å². The number of hydrogen-bond donors (Lipinski definition) is 2. The van der Waals surface area contributed by atoms with E-state index in [2.05, 4.69) is 6.92 Å². The zero-order valence-corrected chi connectivity index (χ0v) is 11.1. The van der Waals surface area contributed by atoms with Crippen LogP contribution >= 0.6 is 0 Å². The van der Waals surface area contributed by atoms with Crippen LogP contribution in [0.15, 0.2) is 0 Å². The van der Waals surface area contributed by atoms with Crippen molar-refractivity contribution < 1.29 is 24.5 Å². The highest BCUT2D eigenvalue weighted by atomic mass is 16.5. The van der Waals surface area contributed by atoms with E-state index in [1.54, 1.807) is 0 Å². The van der Waals surface area contributed by atoms with Gasteiger partial charge in [0.05, 0.1) is 24.7 Å². The summed E-state index contributed by atoms with van der Waals surface area (Å²) in [5.74, 6) is -0.880. The second-order valence-electron chi connectivity index (χ2n) is 5.03. The molecule has 0 amide bonds. The summed E-state index contributed by atoms with van der Waals surface area (Å²) < 4.78 is 10.6. The molecule has 1 aliphatic rings. The Morgan fingerprint density at radius 1 is 1.56 bits per heavy atom. The Morgan fingerprint density at radius 2 is 2.33 bits per heavy atom. The normalized spacial score (nSPS) is 25.9. The van der Waals surface area contributed by atoms with Crippen LogP contribution in [0.3, 0.4) is 0 Å². The molecule has 5 nitrogen and oxygen atoms in total. The Balaban J connectivity index is 2.38. The first-order chi connectivity index (χ1) is 8.60. The molecule has 0 spiro atoms. The first-order valence-electron chi connectivity index (χ1n) is 6.67.